The van der Waals surface area contributed by atoms with Crippen molar-refractivity contribution in [3.63, 3.8) is 0 Å². The fraction of sp³-hybridized carbons (Fsp3) is 0.500. The van der Waals surface area contributed by atoms with Crippen molar-refractivity contribution in [2.24, 2.45) is 0 Å². The molecule has 2 fully saturated rings. The van der Waals surface area contributed by atoms with Crippen LogP contribution in [-0.2, 0) is 25.7 Å². The van der Waals surface area contributed by atoms with Crippen molar-refractivity contribution in [3.05, 3.63) is 29.8 Å². The standard InChI is InChI=1S/C18H22N2O5S/c1-18-8-7-16(22)20(18)14(11-26-18)17(23)25-10-15(21)19-9-12-3-5-13(24-2)6-4-12/h3-6,14H,7-11H2,1-2H3,(H,19,21)/t14-,18-/m0/s1. The number of nitrogens with one attached hydrogen (secondary N) is 1. The Hall–Kier alpha value is -2.22. The van der Waals surface area contributed by atoms with E-state index in [0.29, 0.717) is 18.7 Å². The summed E-state index contributed by atoms with van der Waals surface area (Å²) >= 11 is 1.59. The molecule has 8 heteroatoms. The van der Waals surface area contributed by atoms with Crippen LogP contribution in [0.3, 0.4) is 0 Å². The first-order valence-electron chi connectivity index (χ1n) is 8.45. The van der Waals surface area contributed by atoms with Crippen LogP contribution in [0.1, 0.15) is 25.3 Å². The molecular weight excluding hydrogens is 356 g/mol. The third-order valence-corrected chi connectivity index (χ3v) is 6.22. The number of hydrogen-bond acceptors (Lipinski definition) is 6. The van der Waals surface area contributed by atoms with E-state index in [2.05, 4.69) is 5.32 Å². The lowest BCUT2D eigenvalue weighted by Gasteiger charge is -2.29. The number of methoxy groups -OCH3 is 1. The van der Waals surface area contributed by atoms with E-state index in [1.54, 1.807) is 23.8 Å². The zero-order valence-corrected chi connectivity index (χ0v) is 15.6. The minimum absolute atomic E-state index is 0.0246. The normalized spacial score (nSPS) is 24.3. The number of nitrogens with zero attached hydrogens (tertiary/aromatic N) is 1. The predicted octanol–water partition coefficient (Wildman–Crippen LogP) is 1.31. The molecule has 2 atom stereocenters. The van der Waals surface area contributed by atoms with Gasteiger partial charge in [0.25, 0.3) is 5.91 Å². The molecule has 2 aliphatic rings. The van der Waals surface area contributed by atoms with Gasteiger partial charge in [-0.25, -0.2) is 4.79 Å². The summed E-state index contributed by atoms with van der Waals surface area (Å²) < 4.78 is 10.2. The summed E-state index contributed by atoms with van der Waals surface area (Å²) in [4.78, 5) is 37.6. The molecule has 0 unspecified atom stereocenters. The molecule has 7 nitrogen and oxygen atoms in total. The monoisotopic (exact) mass is 378 g/mol. The molecule has 0 bridgehead atoms. The smallest absolute Gasteiger partial charge is 0.330 e. The zero-order valence-electron chi connectivity index (χ0n) is 14.8. The number of carbonyl (C=O) groups excluding carboxylic acids is 3. The van der Waals surface area contributed by atoms with Gasteiger partial charge < -0.3 is 19.7 Å². The number of amides is 2. The van der Waals surface area contributed by atoms with Crippen LogP contribution < -0.4 is 10.1 Å². The summed E-state index contributed by atoms with van der Waals surface area (Å²) in [6.07, 6.45) is 1.19. The highest BCUT2D eigenvalue weighted by Gasteiger charge is 2.53. The second-order valence-corrected chi connectivity index (χ2v) is 8.00. The molecule has 2 saturated heterocycles. The average Bonchev–Trinajstić information content (AvgIpc) is 3.14. The van der Waals surface area contributed by atoms with Crippen molar-refractivity contribution >= 4 is 29.5 Å². The summed E-state index contributed by atoms with van der Waals surface area (Å²) in [7, 11) is 1.59. The van der Waals surface area contributed by atoms with Gasteiger partial charge in [0.05, 0.1) is 12.0 Å². The van der Waals surface area contributed by atoms with E-state index in [1.807, 2.05) is 31.2 Å². The minimum atomic E-state index is -0.602. The van der Waals surface area contributed by atoms with Crippen molar-refractivity contribution in [3.8, 4) is 5.75 Å². The molecule has 140 valence electrons. The largest absolute Gasteiger partial charge is 0.497 e. The van der Waals surface area contributed by atoms with Crippen molar-refractivity contribution in [1.82, 2.24) is 10.2 Å². The number of esters is 1. The van der Waals surface area contributed by atoms with Gasteiger partial charge in [-0.15, -0.1) is 11.8 Å². The summed E-state index contributed by atoms with van der Waals surface area (Å²) in [5.74, 6) is 0.329. The van der Waals surface area contributed by atoms with Crippen molar-refractivity contribution in [2.75, 3.05) is 19.5 Å². The van der Waals surface area contributed by atoms with E-state index in [9.17, 15) is 14.4 Å². The molecule has 2 heterocycles. The third-order valence-electron chi connectivity index (χ3n) is 4.71. The van der Waals surface area contributed by atoms with Gasteiger partial charge >= 0.3 is 5.97 Å². The van der Waals surface area contributed by atoms with Gasteiger partial charge in [0.1, 0.15) is 11.8 Å². The fourth-order valence-corrected chi connectivity index (χ4v) is 4.64. The molecule has 1 aromatic rings. The van der Waals surface area contributed by atoms with Crippen LogP contribution >= 0.6 is 11.8 Å². The lowest BCUT2D eigenvalue weighted by atomic mass is 10.2. The van der Waals surface area contributed by atoms with E-state index in [4.69, 9.17) is 9.47 Å². The van der Waals surface area contributed by atoms with E-state index in [0.717, 1.165) is 17.7 Å². The fourth-order valence-electron chi connectivity index (χ4n) is 3.22. The lowest BCUT2D eigenvalue weighted by molar-refractivity contribution is -0.156. The molecule has 26 heavy (non-hydrogen) atoms. The van der Waals surface area contributed by atoms with Crippen LogP contribution in [0.4, 0.5) is 0 Å². The van der Waals surface area contributed by atoms with Crippen LogP contribution in [0, 0.1) is 0 Å². The SMILES string of the molecule is COc1ccc(CNC(=O)COC(=O)[C@@H]2CS[C@@]3(C)CCC(=O)N23)cc1. The first-order valence-corrected chi connectivity index (χ1v) is 9.44. The number of hydrogen-bond donors (Lipinski definition) is 1. The molecule has 0 saturated carbocycles. The van der Waals surface area contributed by atoms with Crippen LogP contribution in [0.15, 0.2) is 24.3 Å². The van der Waals surface area contributed by atoms with Gasteiger partial charge in [-0.1, -0.05) is 12.1 Å². The van der Waals surface area contributed by atoms with Crippen LogP contribution in [0.5, 0.6) is 5.75 Å². The van der Waals surface area contributed by atoms with Gasteiger partial charge in [0.15, 0.2) is 6.61 Å². The van der Waals surface area contributed by atoms with Gasteiger partial charge in [-0.05, 0) is 31.0 Å². The zero-order chi connectivity index (χ0) is 18.7. The van der Waals surface area contributed by atoms with Crippen LogP contribution in [0.2, 0.25) is 0 Å². The number of benzene rings is 1. The maximum Gasteiger partial charge on any atom is 0.330 e. The maximum absolute atomic E-state index is 12.3. The second kappa shape index (κ2) is 7.57. The molecule has 0 radical (unpaired) electrons. The Morgan fingerprint density at radius 1 is 1.35 bits per heavy atom. The Labute approximate surface area is 156 Å². The van der Waals surface area contributed by atoms with Gasteiger partial charge in [-0.2, -0.15) is 0 Å². The third kappa shape index (κ3) is 3.80. The predicted molar refractivity (Wildman–Crippen MR) is 96.5 cm³/mol. The second-order valence-electron chi connectivity index (χ2n) is 6.50. The Bertz CT molecular complexity index is 708. The summed E-state index contributed by atoms with van der Waals surface area (Å²) in [5.41, 5.74) is 0.913. The maximum atomic E-state index is 12.3. The molecule has 0 aromatic heterocycles. The van der Waals surface area contributed by atoms with Crippen LogP contribution in [-0.4, -0.2) is 53.1 Å². The van der Waals surface area contributed by atoms with Gasteiger partial charge in [-0.3, -0.25) is 9.59 Å². The highest BCUT2D eigenvalue weighted by atomic mass is 32.2. The van der Waals surface area contributed by atoms with Gasteiger partial charge in [0, 0.05) is 18.7 Å². The summed E-state index contributed by atoms with van der Waals surface area (Å²) in [5, 5.41) is 2.70. The van der Waals surface area contributed by atoms with Crippen molar-refractivity contribution in [2.45, 2.75) is 37.2 Å². The topological polar surface area (TPSA) is 84.9 Å². The molecule has 0 aliphatic carbocycles. The number of fused-ring (bicyclic) bond motifs is 1. The van der Waals surface area contributed by atoms with E-state index in [1.165, 1.54) is 0 Å². The molecule has 1 N–H and O–H groups in total. The van der Waals surface area contributed by atoms with Gasteiger partial charge in [0.2, 0.25) is 5.91 Å². The molecule has 2 amide bonds. The molecule has 0 spiro atoms. The average molecular weight is 378 g/mol. The summed E-state index contributed by atoms with van der Waals surface area (Å²) in [6.45, 7) is 1.95. The number of ether oxygens (including phenoxy) is 2. The first kappa shape index (κ1) is 18.6. The number of thioether (sulfide) groups is 1. The van der Waals surface area contributed by atoms with E-state index in [-0.39, 0.29) is 23.3 Å². The van der Waals surface area contributed by atoms with Crippen molar-refractivity contribution in [1.29, 1.82) is 0 Å². The Balaban J connectivity index is 1.45. The highest BCUT2D eigenvalue weighted by Crippen LogP contribution is 2.47. The quantitative estimate of drug-likeness (QED) is 0.752. The van der Waals surface area contributed by atoms with E-state index < -0.39 is 12.0 Å². The molecule has 3 rings (SSSR count). The van der Waals surface area contributed by atoms with E-state index >= 15 is 0 Å². The highest BCUT2D eigenvalue weighted by molar-refractivity contribution is 8.01. The summed E-state index contributed by atoms with van der Waals surface area (Å²) in [6, 6.07) is 6.71. The van der Waals surface area contributed by atoms with Crippen LogP contribution in [0.25, 0.3) is 0 Å². The Kier molecular flexibility index (Phi) is 5.41. The lowest BCUT2D eigenvalue weighted by Crippen LogP contribution is -2.47. The Morgan fingerprint density at radius 3 is 2.77 bits per heavy atom. The molecule has 1 aromatic carbocycles. The Morgan fingerprint density at radius 2 is 2.08 bits per heavy atom. The first-order chi connectivity index (χ1) is 12.4. The number of carbonyl (C=O) groups is 3. The molecular formula is C18H22N2O5S. The number of rotatable bonds is 6. The van der Waals surface area contributed by atoms with Crippen molar-refractivity contribution < 1.29 is 23.9 Å². The minimum Gasteiger partial charge on any atom is -0.497 e. The molecule has 2 aliphatic heterocycles.